The molecule has 0 saturated carbocycles. The van der Waals surface area contributed by atoms with Gasteiger partial charge < -0.3 is 5.73 Å². The molecule has 0 bridgehead atoms. The van der Waals surface area contributed by atoms with Gasteiger partial charge in [-0.1, -0.05) is 29.8 Å². The quantitative estimate of drug-likeness (QED) is 0.857. The molecular weight excluding hydrogens is 251 g/mol. The minimum absolute atomic E-state index is 0.0646. The van der Waals surface area contributed by atoms with Gasteiger partial charge >= 0.3 is 6.18 Å². The lowest BCUT2D eigenvalue weighted by Crippen LogP contribution is -2.23. The molecule has 0 heterocycles. The Hall–Kier alpha value is -0.740. The van der Waals surface area contributed by atoms with Crippen molar-refractivity contribution < 1.29 is 13.2 Å². The molecule has 0 aliphatic heterocycles. The van der Waals surface area contributed by atoms with Crippen LogP contribution in [0.25, 0.3) is 0 Å². The maximum absolute atomic E-state index is 11.9. The molecule has 0 spiro atoms. The maximum atomic E-state index is 11.9. The molecule has 0 fully saturated rings. The third kappa shape index (κ3) is 5.94. The fourth-order valence-corrected chi connectivity index (χ4v) is 1.83. The summed E-state index contributed by atoms with van der Waals surface area (Å²) in [5.41, 5.74) is 6.66. The molecule has 1 aromatic rings. The van der Waals surface area contributed by atoms with E-state index in [0.29, 0.717) is 17.9 Å². The second kappa shape index (κ2) is 6.26. The Balaban J connectivity index is 2.35. The number of rotatable bonds is 5. The van der Waals surface area contributed by atoms with Gasteiger partial charge in [0, 0.05) is 17.5 Å². The molecule has 0 aliphatic carbocycles. The largest absolute Gasteiger partial charge is 0.389 e. The molecule has 2 N–H and O–H groups in total. The average Bonchev–Trinajstić information content (AvgIpc) is 2.19. The molecule has 1 aromatic carbocycles. The van der Waals surface area contributed by atoms with Crippen LogP contribution in [-0.4, -0.2) is 12.2 Å². The van der Waals surface area contributed by atoms with Crippen LogP contribution in [0, 0.1) is 0 Å². The molecule has 0 aromatic heterocycles. The molecule has 0 radical (unpaired) electrons. The van der Waals surface area contributed by atoms with Crippen molar-refractivity contribution in [3.05, 3.63) is 34.9 Å². The second-order valence-corrected chi connectivity index (χ2v) is 4.47. The standard InChI is InChI=1S/C12H15ClF3N/c13-11-6-2-1-4-9(11)8-10(17)5-3-7-12(14,15)16/h1-2,4,6,10H,3,5,7-8,17H2. The normalized spacial score (nSPS) is 13.7. The summed E-state index contributed by atoms with van der Waals surface area (Å²) < 4.78 is 35.8. The van der Waals surface area contributed by atoms with Gasteiger partial charge in [0.2, 0.25) is 0 Å². The van der Waals surface area contributed by atoms with Crippen molar-refractivity contribution in [1.82, 2.24) is 0 Å². The summed E-state index contributed by atoms with van der Waals surface area (Å²) in [6.07, 6.45) is -3.94. The molecule has 17 heavy (non-hydrogen) atoms. The smallest absolute Gasteiger partial charge is 0.327 e. The number of hydrogen-bond acceptors (Lipinski definition) is 1. The SMILES string of the molecule is NC(CCCC(F)(F)F)Cc1ccccc1Cl. The van der Waals surface area contributed by atoms with E-state index < -0.39 is 12.6 Å². The Bertz CT molecular complexity index is 352. The van der Waals surface area contributed by atoms with Gasteiger partial charge in [0.05, 0.1) is 0 Å². The van der Waals surface area contributed by atoms with E-state index in [0.717, 1.165) is 5.56 Å². The molecule has 5 heteroatoms. The van der Waals surface area contributed by atoms with Crippen molar-refractivity contribution in [2.24, 2.45) is 5.73 Å². The number of halogens is 4. The summed E-state index contributed by atoms with van der Waals surface area (Å²) in [5.74, 6) is 0. The maximum Gasteiger partial charge on any atom is 0.389 e. The fourth-order valence-electron chi connectivity index (χ4n) is 1.61. The highest BCUT2D eigenvalue weighted by molar-refractivity contribution is 6.31. The van der Waals surface area contributed by atoms with Crippen LogP contribution in [0.5, 0.6) is 0 Å². The zero-order chi connectivity index (χ0) is 12.9. The minimum atomic E-state index is -4.09. The first-order valence-corrected chi connectivity index (χ1v) is 5.82. The summed E-state index contributed by atoms with van der Waals surface area (Å²) >= 11 is 5.94. The molecule has 0 aliphatic rings. The molecule has 1 nitrogen and oxygen atoms in total. The van der Waals surface area contributed by atoms with Gasteiger partial charge in [0.1, 0.15) is 0 Å². The van der Waals surface area contributed by atoms with Gasteiger partial charge in [0.25, 0.3) is 0 Å². The lowest BCUT2D eigenvalue weighted by atomic mass is 10.0. The third-order valence-corrected chi connectivity index (χ3v) is 2.84. The first-order valence-electron chi connectivity index (χ1n) is 5.44. The van der Waals surface area contributed by atoms with E-state index in [1.54, 1.807) is 12.1 Å². The van der Waals surface area contributed by atoms with Crippen molar-refractivity contribution >= 4 is 11.6 Å². The summed E-state index contributed by atoms with van der Waals surface area (Å²) in [6, 6.07) is 6.95. The van der Waals surface area contributed by atoms with Crippen molar-refractivity contribution in [1.29, 1.82) is 0 Å². The van der Waals surface area contributed by atoms with E-state index >= 15 is 0 Å². The second-order valence-electron chi connectivity index (χ2n) is 4.06. The van der Waals surface area contributed by atoms with Gasteiger partial charge in [-0.3, -0.25) is 0 Å². The Morgan fingerprint density at radius 3 is 2.47 bits per heavy atom. The summed E-state index contributed by atoms with van der Waals surface area (Å²) in [5, 5.41) is 0.610. The van der Waals surface area contributed by atoms with Gasteiger partial charge in [-0.25, -0.2) is 0 Å². The number of benzene rings is 1. The lowest BCUT2D eigenvalue weighted by Gasteiger charge is -2.13. The Labute approximate surface area is 104 Å². The number of alkyl halides is 3. The lowest BCUT2D eigenvalue weighted by molar-refractivity contribution is -0.135. The van der Waals surface area contributed by atoms with Crippen molar-refractivity contribution in [2.75, 3.05) is 0 Å². The van der Waals surface area contributed by atoms with E-state index in [-0.39, 0.29) is 12.5 Å². The van der Waals surface area contributed by atoms with Crippen LogP contribution in [0.15, 0.2) is 24.3 Å². The summed E-state index contributed by atoms with van der Waals surface area (Å²) in [6.45, 7) is 0. The molecule has 0 saturated heterocycles. The number of nitrogens with two attached hydrogens (primary N) is 1. The zero-order valence-electron chi connectivity index (χ0n) is 9.30. The molecule has 1 atom stereocenters. The first-order chi connectivity index (χ1) is 7.88. The molecule has 96 valence electrons. The van der Waals surface area contributed by atoms with Gasteiger partial charge in [-0.05, 0) is 30.9 Å². The predicted octanol–water partition coefficient (Wildman–Crippen LogP) is 3.94. The third-order valence-electron chi connectivity index (χ3n) is 2.48. The van der Waals surface area contributed by atoms with E-state index in [1.165, 1.54) is 0 Å². The highest BCUT2D eigenvalue weighted by Crippen LogP contribution is 2.23. The Kier molecular flexibility index (Phi) is 5.28. The Morgan fingerprint density at radius 1 is 1.24 bits per heavy atom. The van der Waals surface area contributed by atoms with Crippen LogP contribution in [0.3, 0.4) is 0 Å². The van der Waals surface area contributed by atoms with Crippen LogP contribution in [0.4, 0.5) is 13.2 Å². The average molecular weight is 266 g/mol. The molecule has 1 unspecified atom stereocenters. The topological polar surface area (TPSA) is 26.0 Å². The molecular formula is C12H15ClF3N. The molecule has 0 amide bonds. The van der Waals surface area contributed by atoms with Crippen LogP contribution in [0.2, 0.25) is 5.02 Å². The van der Waals surface area contributed by atoms with E-state index in [2.05, 4.69) is 0 Å². The minimum Gasteiger partial charge on any atom is -0.327 e. The van der Waals surface area contributed by atoms with Crippen LogP contribution in [-0.2, 0) is 6.42 Å². The summed E-state index contributed by atoms with van der Waals surface area (Å²) in [4.78, 5) is 0. The van der Waals surface area contributed by atoms with Crippen molar-refractivity contribution in [2.45, 2.75) is 37.9 Å². The molecule has 1 rings (SSSR count). The van der Waals surface area contributed by atoms with Crippen LogP contribution in [0.1, 0.15) is 24.8 Å². The van der Waals surface area contributed by atoms with Crippen molar-refractivity contribution in [3.63, 3.8) is 0 Å². The van der Waals surface area contributed by atoms with E-state index in [9.17, 15) is 13.2 Å². The fraction of sp³-hybridized carbons (Fsp3) is 0.500. The zero-order valence-corrected chi connectivity index (χ0v) is 10.1. The first kappa shape index (κ1) is 14.3. The Morgan fingerprint density at radius 2 is 1.88 bits per heavy atom. The highest BCUT2D eigenvalue weighted by Gasteiger charge is 2.26. The predicted molar refractivity (Wildman–Crippen MR) is 63.0 cm³/mol. The van der Waals surface area contributed by atoms with Gasteiger partial charge in [-0.15, -0.1) is 0 Å². The monoisotopic (exact) mass is 265 g/mol. The van der Waals surface area contributed by atoms with Crippen LogP contribution >= 0.6 is 11.6 Å². The summed E-state index contributed by atoms with van der Waals surface area (Å²) in [7, 11) is 0. The van der Waals surface area contributed by atoms with E-state index in [1.807, 2.05) is 12.1 Å². The van der Waals surface area contributed by atoms with E-state index in [4.69, 9.17) is 17.3 Å². The highest BCUT2D eigenvalue weighted by atomic mass is 35.5. The number of hydrogen-bond donors (Lipinski definition) is 1. The van der Waals surface area contributed by atoms with Gasteiger partial charge in [0.15, 0.2) is 0 Å². The van der Waals surface area contributed by atoms with Crippen LogP contribution < -0.4 is 5.73 Å². The van der Waals surface area contributed by atoms with Crippen molar-refractivity contribution in [3.8, 4) is 0 Å². The van der Waals surface area contributed by atoms with Gasteiger partial charge in [-0.2, -0.15) is 13.2 Å².